The lowest BCUT2D eigenvalue weighted by Gasteiger charge is -2.12. The number of hydrogen-bond donors (Lipinski definition) is 2. The molecule has 0 aliphatic carbocycles. The van der Waals surface area contributed by atoms with Gasteiger partial charge >= 0.3 is 0 Å². The van der Waals surface area contributed by atoms with E-state index in [1.165, 1.54) is 12.8 Å². The number of nitrogen functional groups attached to an aromatic ring is 1. The summed E-state index contributed by atoms with van der Waals surface area (Å²) in [5.74, 6) is 0. The quantitative estimate of drug-likeness (QED) is 0.836. The van der Waals surface area contributed by atoms with E-state index >= 15 is 0 Å². The van der Waals surface area contributed by atoms with E-state index < -0.39 is 0 Å². The van der Waals surface area contributed by atoms with Crippen molar-refractivity contribution < 1.29 is 4.74 Å². The molecule has 0 amide bonds. The lowest BCUT2D eigenvalue weighted by Crippen LogP contribution is -2.13. The van der Waals surface area contributed by atoms with Crippen LogP contribution in [0.1, 0.15) is 19.3 Å². The van der Waals surface area contributed by atoms with Gasteiger partial charge in [-0.2, -0.15) is 0 Å². The van der Waals surface area contributed by atoms with Gasteiger partial charge in [-0.3, -0.25) is 0 Å². The zero-order chi connectivity index (χ0) is 11.4. The molecule has 1 unspecified atom stereocenters. The molecule has 0 spiro atoms. The maximum Gasteiger partial charge on any atom is 0.0592 e. The van der Waals surface area contributed by atoms with Crippen LogP contribution in [0, 0.1) is 0 Å². The number of anilines is 2. The molecule has 3 N–H and O–H groups in total. The summed E-state index contributed by atoms with van der Waals surface area (Å²) in [6, 6.07) is 5.85. The Hall–Kier alpha value is -0.740. The largest absolute Gasteiger partial charge is 0.397 e. The fourth-order valence-corrected chi connectivity index (χ4v) is 2.28. The number of rotatable bonds is 4. The van der Waals surface area contributed by atoms with Gasteiger partial charge in [0.15, 0.2) is 0 Å². The number of hydrogen-bond acceptors (Lipinski definition) is 3. The molecule has 1 heterocycles. The number of ether oxygens (including phenoxy) is 1. The van der Waals surface area contributed by atoms with Crippen molar-refractivity contribution in [2.75, 3.05) is 24.2 Å². The van der Waals surface area contributed by atoms with Crippen LogP contribution < -0.4 is 11.1 Å². The lowest BCUT2D eigenvalue weighted by atomic mass is 10.2. The van der Waals surface area contributed by atoms with Crippen LogP contribution >= 0.6 is 15.9 Å². The first kappa shape index (κ1) is 11.7. The van der Waals surface area contributed by atoms with E-state index in [2.05, 4.69) is 21.2 Å². The zero-order valence-electron chi connectivity index (χ0n) is 9.21. The van der Waals surface area contributed by atoms with Crippen molar-refractivity contribution in [1.29, 1.82) is 0 Å². The van der Waals surface area contributed by atoms with E-state index in [1.54, 1.807) is 0 Å². The summed E-state index contributed by atoms with van der Waals surface area (Å²) < 4.78 is 6.61. The Bertz CT molecular complexity index is 351. The average Bonchev–Trinajstić information content (AvgIpc) is 2.76. The van der Waals surface area contributed by atoms with E-state index in [4.69, 9.17) is 10.5 Å². The van der Waals surface area contributed by atoms with Gasteiger partial charge in [0.2, 0.25) is 0 Å². The first-order valence-electron chi connectivity index (χ1n) is 5.66. The van der Waals surface area contributed by atoms with E-state index in [9.17, 15) is 0 Å². The molecule has 16 heavy (non-hydrogen) atoms. The lowest BCUT2D eigenvalue weighted by molar-refractivity contribution is 0.107. The normalized spacial score (nSPS) is 19.9. The van der Waals surface area contributed by atoms with E-state index in [1.807, 2.05) is 18.2 Å². The Morgan fingerprint density at radius 2 is 2.38 bits per heavy atom. The van der Waals surface area contributed by atoms with Crippen LogP contribution in [0.3, 0.4) is 0 Å². The Morgan fingerprint density at radius 1 is 1.50 bits per heavy atom. The van der Waals surface area contributed by atoms with Crippen molar-refractivity contribution >= 4 is 27.3 Å². The number of halogens is 1. The molecule has 1 fully saturated rings. The van der Waals surface area contributed by atoms with Crippen molar-refractivity contribution in [3.8, 4) is 0 Å². The second-order valence-electron chi connectivity index (χ2n) is 4.08. The van der Waals surface area contributed by atoms with Crippen LogP contribution in [-0.4, -0.2) is 19.3 Å². The van der Waals surface area contributed by atoms with Crippen molar-refractivity contribution in [2.24, 2.45) is 0 Å². The molecule has 0 saturated carbocycles. The molecule has 1 aliphatic heterocycles. The van der Waals surface area contributed by atoms with Gasteiger partial charge in [0.1, 0.15) is 0 Å². The Kier molecular flexibility index (Phi) is 4.07. The van der Waals surface area contributed by atoms with Gasteiger partial charge in [-0.25, -0.2) is 0 Å². The first-order chi connectivity index (χ1) is 7.75. The third-order valence-electron chi connectivity index (χ3n) is 2.82. The molecule has 1 saturated heterocycles. The molecule has 0 aromatic heterocycles. The molecule has 0 bridgehead atoms. The Labute approximate surface area is 104 Å². The van der Waals surface area contributed by atoms with Gasteiger partial charge in [0, 0.05) is 17.6 Å². The fourth-order valence-electron chi connectivity index (χ4n) is 1.92. The summed E-state index contributed by atoms with van der Waals surface area (Å²) in [6.07, 6.45) is 3.87. The first-order valence-corrected chi connectivity index (χ1v) is 6.45. The van der Waals surface area contributed by atoms with Crippen molar-refractivity contribution in [1.82, 2.24) is 0 Å². The highest BCUT2D eigenvalue weighted by molar-refractivity contribution is 9.10. The second kappa shape index (κ2) is 5.55. The molecule has 0 radical (unpaired) electrons. The molecule has 2 rings (SSSR count). The highest BCUT2D eigenvalue weighted by Crippen LogP contribution is 2.23. The minimum atomic E-state index is 0.431. The smallest absolute Gasteiger partial charge is 0.0592 e. The highest BCUT2D eigenvalue weighted by Gasteiger charge is 2.14. The van der Waals surface area contributed by atoms with Crippen molar-refractivity contribution in [2.45, 2.75) is 25.4 Å². The van der Waals surface area contributed by atoms with Gasteiger partial charge in [-0.1, -0.05) is 15.9 Å². The monoisotopic (exact) mass is 284 g/mol. The molecule has 3 nitrogen and oxygen atoms in total. The number of nitrogens with one attached hydrogen (secondary N) is 1. The third-order valence-corrected chi connectivity index (χ3v) is 3.31. The van der Waals surface area contributed by atoms with Crippen molar-refractivity contribution in [3.63, 3.8) is 0 Å². The molecule has 1 aromatic rings. The van der Waals surface area contributed by atoms with E-state index in [0.29, 0.717) is 6.10 Å². The van der Waals surface area contributed by atoms with Crippen molar-refractivity contribution in [3.05, 3.63) is 22.7 Å². The molecule has 1 aliphatic rings. The van der Waals surface area contributed by atoms with Crippen LogP contribution in [0.2, 0.25) is 0 Å². The maximum absolute atomic E-state index is 5.87. The highest BCUT2D eigenvalue weighted by atomic mass is 79.9. The summed E-state index contributed by atoms with van der Waals surface area (Å²) in [6.45, 7) is 1.83. The van der Waals surface area contributed by atoms with Crippen LogP contribution in [0.4, 0.5) is 11.4 Å². The maximum atomic E-state index is 5.87. The van der Waals surface area contributed by atoms with Gasteiger partial charge in [-0.05, 0) is 37.5 Å². The third kappa shape index (κ3) is 3.12. The van der Waals surface area contributed by atoms with Gasteiger partial charge < -0.3 is 15.8 Å². The van der Waals surface area contributed by atoms with Gasteiger partial charge in [0.05, 0.1) is 17.5 Å². The summed E-state index contributed by atoms with van der Waals surface area (Å²) in [7, 11) is 0. The van der Waals surface area contributed by atoms with Crippen LogP contribution in [0.15, 0.2) is 22.7 Å². The van der Waals surface area contributed by atoms with Crippen LogP contribution in [0.5, 0.6) is 0 Å². The zero-order valence-corrected chi connectivity index (χ0v) is 10.8. The number of benzene rings is 1. The Morgan fingerprint density at radius 3 is 3.12 bits per heavy atom. The SMILES string of the molecule is Nc1ccc(Br)cc1NCCC1CCCO1. The Balaban J connectivity index is 1.82. The summed E-state index contributed by atoms with van der Waals surface area (Å²) in [5.41, 5.74) is 7.65. The van der Waals surface area contributed by atoms with E-state index in [0.717, 1.165) is 35.4 Å². The average molecular weight is 285 g/mol. The minimum absolute atomic E-state index is 0.431. The summed E-state index contributed by atoms with van der Waals surface area (Å²) >= 11 is 3.43. The van der Waals surface area contributed by atoms with Crippen LogP contribution in [0.25, 0.3) is 0 Å². The molecular formula is C12H17BrN2O. The fraction of sp³-hybridized carbons (Fsp3) is 0.500. The molecule has 1 atom stereocenters. The second-order valence-corrected chi connectivity index (χ2v) is 5.00. The minimum Gasteiger partial charge on any atom is -0.397 e. The molecule has 1 aromatic carbocycles. The van der Waals surface area contributed by atoms with E-state index in [-0.39, 0.29) is 0 Å². The molecule has 88 valence electrons. The predicted molar refractivity (Wildman–Crippen MR) is 70.6 cm³/mol. The van der Waals surface area contributed by atoms with Crippen LogP contribution in [-0.2, 0) is 4.74 Å². The van der Waals surface area contributed by atoms with Gasteiger partial charge in [-0.15, -0.1) is 0 Å². The predicted octanol–water partition coefficient (Wildman–Crippen LogP) is 3.01. The standard InChI is InChI=1S/C12H17BrN2O/c13-9-3-4-11(14)12(8-9)15-6-5-10-2-1-7-16-10/h3-4,8,10,15H,1-2,5-7,14H2. The molecular weight excluding hydrogens is 268 g/mol. The number of nitrogens with two attached hydrogens (primary N) is 1. The summed E-state index contributed by atoms with van der Waals surface area (Å²) in [5, 5.41) is 3.35. The summed E-state index contributed by atoms with van der Waals surface area (Å²) in [4.78, 5) is 0. The van der Waals surface area contributed by atoms with Gasteiger partial charge in [0.25, 0.3) is 0 Å². The molecule has 4 heteroatoms. The topological polar surface area (TPSA) is 47.3 Å².